The van der Waals surface area contributed by atoms with Crippen LogP contribution in [-0.2, 0) is 294 Å². The van der Waals surface area contributed by atoms with E-state index in [2.05, 4.69) is 99.1 Å². The van der Waals surface area contributed by atoms with E-state index in [1.165, 1.54) is 51.4 Å². The SMILES string of the molecule is C=[C-]C[CH-]CC.CC[CH-]C[CH-]C[CH-]CC.CC[CH-]C[CH-]C[CH-]CC.[CH2-]CC.[Y].[Y].[Y].[Y].[Y].[Y].[Y].[Y].[Y]. The summed E-state index contributed by atoms with van der Waals surface area (Å²) in [5, 5.41) is 0. The van der Waals surface area contributed by atoms with Gasteiger partial charge in [0, 0.05) is 294 Å². The summed E-state index contributed by atoms with van der Waals surface area (Å²) >= 11 is 0. The van der Waals surface area contributed by atoms with E-state index in [-0.39, 0.29) is 294 Å². The van der Waals surface area contributed by atoms with Gasteiger partial charge >= 0.3 is 0 Å². The Labute approximate surface area is 459 Å². The average molecular weight is 1180 g/mol. The molecule has 0 aliphatic carbocycles. The van der Waals surface area contributed by atoms with Crippen molar-refractivity contribution in [1.82, 2.24) is 0 Å². The van der Waals surface area contributed by atoms with E-state index in [0.717, 1.165) is 19.3 Å². The third-order valence-corrected chi connectivity index (χ3v) is 3.07. The molecule has 9 heteroatoms. The first-order valence-corrected chi connectivity index (χ1v) is 11.2. The summed E-state index contributed by atoms with van der Waals surface area (Å²) in [7, 11) is 0. The Hall–Kier alpha value is 9.68. The van der Waals surface area contributed by atoms with Crippen LogP contribution in [0.3, 0.4) is 0 Å². The van der Waals surface area contributed by atoms with Gasteiger partial charge in [-0.05, 0) is 0 Å². The van der Waals surface area contributed by atoms with E-state index >= 15 is 0 Å². The molecule has 0 atom stereocenters. The minimum Gasteiger partial charge on any atom is -0.534 e. The molecule has 0 rings (SSSR count). The van der Waals surface area contributed by atoms with Gasteiger partial charge in [0.15, 0.2) is 0 Å². The number of unbranched alkanes of at least 4 members (excludes halogenated alkanes) is 14. The molecule has 0 aromatic heterocycles. The van der Waals surface area contributed by atoms with Crippen molar-refractivity contribution in [2.45, 2.75) is 112 Å². The maximum atomic E-state index is 3.49. The van der Waals surface area contributed by atoms with Crippen molar-refractivity contribution in [1.29, 1.82) is 0 Å². The van der Waals surface area contributed by atoms with Gasteiger partial charge in [0.05, 0.1) is 0 Å². The Morgan fingerprint density at radius 1 is 0.444 bits per heavy atom. The number of allylic oxidation sites excluding steroid dienone is 1. The Kier molecular flexibility index (Phi) is 246. The monoisotopic (exact) mass is 1180 g/mol. The third kappa shape index (κ3) is 131. The Bertz CT molecular complexity index is 186. The predicted octanol–water partition coefficient (Wildman–Crippen LogP) is 9.59. The van der Waals surface area contributed by atoms with Crippen LogP contribution in [0, 0.1) is 57.9 Å². The van der Waals surface area contributed by atoms with Gasteiger partial charge in [-0.25, -0.2) is 0 Å². The van der Waals surface area contributed by atoms with Crippen LogP contribution >= 0.6 is 0 Å². The van der Waals surface area contributed by atoms with Crippen LogP contribution in [0.5, 0.6) is 0 Å². The van der Waals surface area contributed by atoms with Crippen molar-refractivity contribution in [2.24, 2.45) is 0 Å². The van der Waals surface area contributed by atoms with Crippen LogP contribution in [0.4, 0.5) is 0 Å². The molecule has 0 spiro atoms. The smallest absolute Gasteiger partial charge is 0 e. The van der Waals surface area contributed by atoms with E-state index in [0.29, 0.717) is 0 Å². The van der Waals surface area contributed by atoms with E-state index < -0.39 is 0 Å². The molecule has 0 fully saturated rings. The molecular formula is C27H51Y9-9. The predicted molar refractivity (Wildman–Crippen MR) is 129 cm³/mol. The molecule has 0 saturated heterocycles. The van der Waals surface area contributed by atoms with Crippen LogP contribution in [-0.4, -0.2) is 0 Å². The molecule has 0 nitrogen and oxygen atoms in total. The Morgan fingerprint density at radius 3 is 0.750 bits per heavy atom. The minimum absolute atomic E-state index is 0. The number of hydrogen-bond donors (Lipinski definition) is 0. The summed E-state index contributed by atoms with van der Waals surface area (Å²) in [5.41, 5.74) is 0. The van der Waals surface area contributed by atoms with Crippen molar-refractivity contribution in [3.05, 3.63) is 64.5 Å². The van der Waals surface area contributed by atoms with Crippen LogP contribution in [0.1, 0.15) is 112 Å². The second kappa shape index (κ2) is 104. The van der Waals surface area contributed by atoms with Crippen LogP contribution in [0.2, 0.25) is 0 Å². The first kappa shape index (κ1) is 85.4. The van der Waals surface area contributed by atoms with E-state index in [1.807, 2.05) is 6.92 Å². The van der Waals surface area contributed by atoms with Crippen molar-refractivity contribution in [3.63, 3.8) is 0 Å². The maximum Gasteiger partial charge on any atom is 0 e. The standard InChI is InChI=1S/2C9H17.C6H10.C3H7.9Y/c2*1-3-5-7-9-8-6-4-2;1-3-5-6-4-2;1-3-2;;;;;;;;;/h2*5-6,9H,3-4,7-8H2,1-2H3;6H,1,4-5H2,2H3;1,3H2,2H3;;;;;;;;;/q2*-3;-2;-1;;;;;;;;;. The molecule has 9 radical (unpaired) electrons. The molecule has 0 aromatic carbocycles. The second-order valence-corrected chi connectivity index (χ2v) is 5.96. The van der Waals surface area contributed by atoms with Crippen LogP contribution in [0.15, 0.2) is 6.58 Å². The molecular weight excluding hydrogens is 1120 g/mol. The van der Waals surface area contributed by atoms with Crippen LogP contribution < -0.4 is 0 Å². The third-order valence-electron chi connectivity index (χ3n) is 3.07. The van der Waals surface area contributed by atoms with Crippen molar-refractivity contribution < 1.29 is 294 Å². The summed E-state index contributed by atoms with van der Waals surface area (Å²) in [5.74, 6) is 0. The fourth-order valence-electron chi connectivity index (χ4n) is 1.58. The molecule has 0 aliphatic heterocycles. The molecule has 0 bridgehead atoms. The van der Waals surface area contributed by atoms with E-state index in [9.17, 15) is 0 Å². The quantitative estimate of drug-likeness (QED) is 0.113. The zero-order valence-electron chi connectivity index (χ0n) is 24.9. The van der Waals surface area contributed by atoms with Gasteiger partial charge in [0.1, 0.15) is 0 Å². The van der Waals surface area contributed by atoms with E-state index in [1.54, 1.807) is 0 Å². The number of hydrogen-bond acceptors (Lipinski definition) is 0. The van der Waals surface area contributed by atoms with Gasteiger partial charge in [-0.15, -0.1) is 0 Å². The molecule has 0 heterocycles. The van der Waals surface area contributed by atoms with Crippen LogP contribution in [0.25, 0.3) is 0 Å². The average Bonchev–Trinajstić information content (AvgIpc) is 2.68. The topological polar surface area (TPSA) is 0 Å². The molecule has 0 aliphatic rings. The first-order chi connectivity index (χ1) is 13.2. The van der Waals surface area contributed by atoms with Gasteiger partial charge in [0.2, 0.25) is 0 Å². The van der Waals surface area contributed by atoms with E-state index in [4.69, 9.17) is 0 Å². The van der Waals surface area contributed by atoms with Gasteiger partial charge in [-0.1, -0.05) is 41.5 Å². The fourth-order valence-corrected chi connectivity index (χ4v) is 1.58. The Balaban J connectivity index is -0.0000000171. The van der Waals surface area contributed by atoms with Gasteiger partial charge < -0.3 is 90.0 Å². The summed E-state index contributed by atoms with van der Waals surface area (Å²) in [6, 6.07) is 0. The summed E-state index contributed by atoms with van der Waals surface area (Å²) < 4.78 is 0. The summed E-state index contributed by atoms with van der Waals surface area (Å²) in [4.78, 5) is 0. The second-order valence-electron chi connectivity index (χ2n) is 5.96. The zero-order valence-corrected chi connectivity index (χ0v) is 50.5. The summed E-state index contributed by atoms with van der Waals surface area (Å²) in [6.07, 6.45) is 31.2. The molecule has 0 saturated carbocycles. The zero-order chi connectivity index (χ0) is 21.4. The van der Waals surface area contributed by atoms with Crippen molar-refractivity contribution in [2.75, 3.05) is 0 Å². The molecule has 195 valence electrons. The van der Waals surface area contributed by atoms with Crippen molar-refractivity contribution >= 4 is 0 Å². The fraction of sp³-hybridized carbons (Fsp3) is 0.630. The molecule has 36 heavy (non-hydrogen) atoms. The molecule has 0 N–H and O–H groups in total. The molecule has 0 amide bonds. The molecule has 0 aromatic rings. The normalized spacial score (nSPS) is 6.86. The maximum absolute atomic E-state index is 3.49. The largest absolute Gasteiger partial charge is 0.534 e. The van der Waals surface area contributed by atoms with Gasteiger partial charge in [-0.2, -0.15) is 38.5 Å². The molecule has 0 unspecified atom stereocenters. The van der Waals surface area contributed by atoms with Crippen molar-refractivity contribution in [3.8, 4) is 0 Å². The minimum atomic E-state index is 0. The number of rotatable bonds is 15. The first-order valence-electron chi connectivity index (χ1n) is 11.2. The summed E-state index contributed by atoms with van der Waals surface area (Å²) in [6.45, 7) is 19.8. The Morgan fingerprint density at radius 2 is 0.639 bits per heavy atom. The van der Waals surface area contributed by atoms with Gasteiger partial charge in [-0.3, -0.25) is 6.58 Å². The van der Waals surface area contributed by atoms with Gasteiger partial charge in [0.25, 0.3) is 0 Å².